The molecule has 0 aliphatic carbocycles. The summed E-state index contributed by atoms with van der Waals surface area (Å²) in [6, 6.07) is 7.39. The molecule has 0 radical (unpaired) electrons. The molecule has 1 saturated heterocycles. The van der Waals surface area contributed by atoms with Crippen LogP contribution < -0.4 is 10.1 Å². The molecule has 1 fully saturated rings. The number of benzene rings is 1. The van der Waals surface area contributed by atoms with Crippen molar-refractivity contribution in [2.45, 2.75) is 19.4 Å². The largest absolute Gasteiger partial charge is 0.496 e. The van der Waals surface area contributed by atoms with Crippen molar-refractivity contribution < 1.29 is 17.9 Å². The molecule has 0 saturated carbocycles. The quantitative estimate of drug-likeness (QED) is 0.870. The Morgan fingerprint density at radius 1 is 1.33 bits per heavy atom. The van der Waals surface area contributed by atoms with Gasteiger partial charge in [0.2, 0.25) is 15.9 Å². The molecule has 1 aliphatic heterocycles. The first-order valence-electron chi connectivity index (χ1n) is 6.89. The summed E-state index contributed by atoms with van der Waals surface area (Å²) in [6.07, 6.45) is 1.47. The first-order chi connectivity index (χ1) is 10.0. The Bertz CT molecular complexity index is 601. The van der Waals surface area contributed by atoms with Crippen LogP contribution in [0.1, 0.15) is 18.4 Å². The summed E-state index contributed by atoms with van der Waals surface area (Å²) in [7, 11) is -1.70. The number of sulfonamides is 1. The van der Waals surface area contributed by atoms with Crippen molar-refractivity contribution >= 4 is 15.9 Å². The third kappa shape index (κ3) is 4.18. The molecule has 1 amide bonds. The number of hydrogen-bond donors (Lipinski definition) is 1. The number of carbonyl (C=O) groups is 1. The van der Waals surface area contributed by atoms with Crippen molar-refractivity contribution in [3.63, 3.8) is 0 Å². The number of nitrogens with one attached hydrogen (secondary N) is 1. The van der Waals surface area contributed by atoms with Gasteiger partial charge in [-0.05, 0) is 18.9 Å². The fourth-order valence-corrected chi connectivity index (χ4v) is 3.83. The van der Waals surface area contributed by atoms with E-state index >= 15 is 0 Å². The number of carbonyl (C=O) groups excluding carboxylic acids is 1. The van der Waals surface area contributed by atoms with E-state index in [1.54, 1.807) is 7.11 Å². The Kier molecular flexibility index (Phi) is 5.19. The van der Waals surface area contributed by atoms with Crippen molar-refractivity contribution in [3.05, 3.63) is 29.8 Å². The molecule has 1 N–H and O–H groups in total. The van der Waals surface area contributed by atoms with Crippen molar-refractivity contribution in [2.24, 2.45) is 0 Å². The van der Waals surface area contributed by atoms with Crippen LogP contribution in [0.3, 0.4) is 0 Å². The highest BCUT2D eigenvalue weighted by Gasteiger charge is 2.27. The Morgan fingerprint density at radius 2 is 2.10 bits per heavy atom. The summed E-state index contributed by atoms with van der Waals surface area (Å²) in [5, 5.41) is 2.73. The van der Waals surface area contributed by atoms with Crippen LogP contribution in [0.4, 0.5) is 0 Å². The van der Waals surface area contributed by atoms with Crippen LogP contribution in [0.25, 0.3) is 0 Å². The highest BCUT2D eigenvalue weighted by Crippen LogP contribution is 2.17. The Labute approximate surface area is 125 Å². The predicted octanol–water partition coefficient (Wildman–Crippen LogP) is 0.737. The second kappa shape index (κ2) is 6.91. The molecule has 0 spiro atoms. The number of ether oxygens (including phenoxy) is 1. The molecule has 1 aliphatic rings. The molecular formula is C14H20N2O4S. The second-order valence-electron chi connectivity index (χ2n) is 4.95. The number of rotatable bonds is 5. The monoisotopic (exact) mass is 312 g/mol. The summed E-state index contributed by atoms with van der Waals surface area (Å²) in [5.41, 5.74) is 0.856. The summed E-state index contributed by atoms with van der Waals surface area (Å²) >= 11 is 0. The van der Waals surface area contributed by atoms with Gasteiger partial charge in [-0.25, -0.2) is 8.42 Å². The van der Waals surface area contributed by atoms with Crippen molar-refractivity contribution in [1.82, 2.24) is 9.62 Å². The highest BCUT2D eigenvalue weighted by atomic mass is 32.2. The van der Waals surface area contributed by atoms with Crippen LogP contribution in [-0.2, 0) is 21.4 Å². The number of amides is 1. The van der Waals surface area contributed by atoms with Gasteiger partial charge < -0.3 is 10.1 Å². The van der Waals surface area contributed by atoms with Gasteiger partial charge in [0, 0.05) is 18.7 Å². The fraction of sp³-hybridized carbons (Fsp3) is 0.500. The molecular weight excluding hydrogens is 292 g/mol. The number of hydrogen-bond acceptors (Lipinski definition) is 4. The van der Waals surface area contributed by atoms with Gasteiger partial charge >= 0.3 is 0 Å². The zero-order chi connectivity index (χ0) is 15.3. The van der Waals surface area contributed by atoms with Crippen LogP contribution in [0.5, 0.6) is 5.75 Å². The maximum absolute atomic E-state index is 11.9. The average Bonchev–Trinajstić information content (AvgIpc) is 2.47. The minimum atomic E-state index is -3.27. The Morgan fingerprint density at radius 3 is 2.81 bits per heavy atom. The topological polar surface area (TPSA) is 75.7 Å². The van der Waals surface area contributed by atoms with Crippen LogP contribution >= 0.6 is 0 Å². The summed E-state index contributed by atoms with van der Waals surface area (Å²) in [4.78, 5) is 11.9. The van der Waals surface area contributed by atoms with E-state index in [4.69, 9.17) is 4.74 Å². The minimum Gasteiger partial charge on any atom is -0.496 e. The average molecular weight is 312 g/mol. The highest BCUT2D eigenvalue weighted by molar-refractivity contribution is 7.89. The molecule has 0 atom stereocenters. The normalized spacial score (nSPS) is 18.1. The van der Waals surface area contributed by atoms with Crippen LogP contribution in [0, 0.1) is 0 Å². The van der Waals surface area contributed by atoms with Crippen molar-refractivity contribution in [1.29, 1.82) is 0 Å². The van der Waals surface area contributed by atoms with Gasteiger partial charge in [0.1, 0.15) is 5.75 Å². The predicted molar refractivity (Wildman–Crippen MR) is 79.4 cm³/mol. The van der Waals surface area contributed by atoms with E-state index in [0.717, 1.165) is 12.0 Å². The maximum Gasteiger partial charge on any atom is 0.235 e. The van der Waals surface area contributed by atoms with E-state index in [0.29, 0.717) is 25.3 Å². The van der Waals surface area contributed by atoms with Crippen molar-refractivity contribution in [3.8, 4) is 5.75 Å². The number of nitrogens with zero attached hydrogens (tertiary/aromatic N) is 1. The second-order valence-corrected chi connectivity index (χ2v) is 7.03. The lowest BCUT2D eigenvalue weighted by Crippen LogP contribution is -2.44. The molecule has 1 aromatic carbocycles. The number of methoxy groups -OCH3 is 1. The first kappa shape index (κ1) is 15.8. The molecule has 21 heavy (non-hydrogen) atoms. The Hall–Kier alpha value is -1.60. The smallest absolute Gasteiger partial charge is 0.235 e. The van der Waals surface area contributed by atoms with E-state index < -0.39 is 10.0 Å². The lowest BCUT2D eigenvalue weighted by Gasteiger charge is -2.25. The van der Waals surface area contributed by atoms with E-state index in [9.17, 15) is 13.2 Å². The van der Waals surface area contributed by atoms with Gasteiger partial charge in [-0.15, -0.1) is 0 Å². The third-order valence-corrected chi connectivity index (χ3v) is 5.34. The zero-order valence-corrected chi connectivity index (χ0v) is 12.9. The van der Waals surface area contributed by atoms with Gasteiger partial charge in [-0.3, -0.25) is 4.79 Å². The molecule has 7 heteroatoms. The van der Waals surface area contributed by atoms with Crippen LogP contribution in [0.2, 0.25) is 0 Å². The third-order valence-electron chi connectivity index (χ3n) is 3.44. The van der Waals surface area contributed by atoms with Crippen LogP contribution in [0.15, 0.2) is 24.3 Å². The Balaban J connectivity index is 1.90. The molecule has 0 bridgehead atoms. The summed E-state index contributed by atoms with van der Waals surface area (Å²) in [6.45, 7) is 0.624. The van der Waals surface area contributed by atoms with Gasteiger partial charge in [0.15, 0.2) is 0 Å². The standard InChI is InChI=1S/C14H20N2O4S/c1-20-13-7-3-2-6-12(13)10-15-14(17)11-16-8-4-5-9-21(16,18)19/h2-3,6-7H,4-5,8-11H2,1H3,(H,15,17). The number of para-hydroxylation sites is 1. The van der Waals surface area contributed by atoms with Gasteiger partial charge in [0.05, 0.1) is 19.4 Å². The van der Waals surface area contributed by atoms with Crippen molar-refractivity contribution in [2.75, 3.05) is 26.0 Å². The van der Waals surface area contributed by atoms with E-state index in [1.165, 1.54) is 4.31 Å². The lowest BCUT2D eigenvalue weighted by molar-refractivity contribution is -0.121. The summed E-state index contributed by atoms with van der Waals surface area (Å²) < 4.78 is 30.1. The molecule has 0 aromatic heterocycles. The van der Waals surface area contributed by atoms with E-state index in [-0.39, 0.29) is 18.2 Å². The van der Waals surface area contributed by atoms with E-state index in [2.05, 4.69) is 5.32 Å². The molecule has 2 rings (SSSR count). The molecule has 1 heterocycles. The molecule has 6 nitrogen and oxygen atoms in total. The SMILES string of the molecule is COc1ccccc1CNC(=O)CN1CCCCS1(=O)=O. The molecule has 0 unspecified atom stereocenters. The van der Waals surface area contributed by atoms with Gasteiger partial charge in [-0.1, -0.05) is 18.2 Å². The first-order valence-corrected chi connectivity index (χ1v) is 8.50. The van der Waals surface area contributed by atoms with Gasteiger partial charge in [-0.2, -0.15) is 4.31 Å². The lowest BCUT2D eigenvalue weighted by atomic mass is 10.2. The molecule has 1 aromatic rings. The maximum atomic E-state index is 11.9. The fourth-order valence-electron chi connectivity index (χ4n) is 2.28. The summed E-state index contributed by atoms with van der Waals surface area (Å²) in [5.74, 6) is 0.530. The van der Waals surface area contributed by atoms with Gasteiger partial charge in [0.25, 0.3) is 0 Å². The van der Waals surface area contributed by atoms with Crippen LogP contribution in [-0.4, -0.2) is 44.6 Å². The zero-order valence-electron chi connectivity index (χ0n) is 12.0. The molecule has 116 valence electrons. The van der Waals surface area contributed by atoms with E-state index in [1.807, 2.05) is 24.3 Å². The minimum absolute atomic E-state index is 0.114.